The SMILES string of the molecule is CC(C)n1c([C@H](C)N)nc2ccc(Cl)cc21. The third kappa shape index (κ3) is 1.81. The lowest BCUT2D eigenvalue weighted by Crippen LogP contribution is -2.14. The zero-order valence-corrected chi connectivity index (χ0v) is 10.5. The normalized spacial score (nSPS) is 13.6. The van der Waals surface area contributed by atoms with Gasteiger partial charge in [-0.15, -0.1) is 0 Å². The van der Waals surface area contributed by atoms with Gasteiger partial charge in [-0.05, 0) is 39.0 Å². The Labute approximate surface area is 100 Å². The van der Waals surface area contributed by atoms with E-state index in [-0.39, 0.29) is 6.04 Å². The molecule has 0 saturated carbocycles. The van der Waals surface area contributed by atoms with Crippen molar-refractivity contribution in [1.29, 1.82) is 0 Å². The highest BCUT2D eigenvalue weighted by molar-refractivity contribution is 6.31. The van der Waals surface area contributed by atoms with Crippen LogP contribution in [0.1, 0.15) is 38.7 Å². The molecule has 1 heterocycles. The highest BCUT2D eigenvalue weighted by Gasteiger charge is 2.15. The Morgan fingerprint density at radius 3 is 2.56 bits per heavy atom. The fourth-order valence-corrected chi connectivity index (χ4v) is 2.12. The number of hydrogen-bond acceptors (Lipinski definition) is 2. The van der Waals surface area contributed by atoms with E-state index in [4.69, 9.17) is 17.3 Å². The summed E-state index contributed by atoms with van der Waals surface area (Å²) in [7, 11) is 0. The molecule has 2 aromatic rings. The van der Waals surface area contributed by atoms with Gasteiger partial charge in [-0.3, -0.25) is 0 Å². The van der Waals surface area contributed by atoms with Gasteiger partial charge in [0.05, 0.1) is 17.1 Å². The lowest BCUT2D eigenvalue weighted by atomic mass is 10.2. The zero-order chi connectivity index (χ0) is 11.9. The highest BCUT2D eigenvalue weighted by Crippen LogP contribution is 2.26. The monoisotopic (exact) mass is 237 g/mol. The van der Waals surface area contributed by atoms with E-state index in [0.717, 1.165) is 21.9 Å². The van der Waals surface area contributed by atoms with Crippen molar-refractivity contribution in [3.8, 4) is 0 Å². The maximum Gasteiger partial charge on any atom is 0.126 e. The van der Waals surface area contributed by atoms with Gasteiger partial charge in [-0.25, -0.2) is 4.98 Å². The fourth-order valence-electron chi connectivity index (χ4n) is 1.95. The van der Waals surface area contributed by atoms with Crippen LogP contribution in [0.15, 0.2) is 18.2 Å². The Hall–Kier alpha value is -1.06. The number of rotatable bonds is 2. The molecule has 1 aromatic heterocycles. The topological polar surface area (TPSA) is 43.8 Å². The molecule has 0 fully saturated rings. The molecule has 0 radical (unpaired) electrons. The molecule has 0 spiro atoms. The summed E-state index contributed by atoms with van der Waals surface area (Å²) < 4.78 is 2.14. The number of fused-ring (bicyclic) bond motifs is 1. The summed E-state index contributed by atoms with van der Waals surface area (Å²) in [5.74, 6) is 0.910. The Morgan fingerprint density at radius 1 is 1.31 bits per heavy atom. The number of benzene rings is 1. The number of nitrogens with zero attached hydrogens (tertiary/aromatic N) is 2. The third-order valence-corrected chi connectivity index (χ3v) is 2.84. The molecule has 2 rings (SSSR count). The second-order valence-electron chi connectivity index (χ2n) is 4.36. The van der Waals surface area contributed by atoms with Crippen LogP contribution in [0.25, 0.3) is 11.0 Å². The maximum atomic E-state index is 6.01. The average Bonchev–Trinajstić information content (AvgIpc) is 2.55. The van der Waals surface area contributed by atoms with Crippen molar-refractivity contribution in [3.05, 3.63) is 29.0 Å². The van der Waals surface area contributed by atoms with Gasteiger partial charge in [0.1, 0.15) is 5.82 Å². The van der Waals surface area contributed by atoms with E-state index in [0.29, 0.717) is 6.04 Å². The van der Waals surface area contributed by atoms with Gasteiger partial charge in [0, 0.05) is 11.1 Å². The molecular formula is C12H16ClN3. The van der Waals surface area contributed by atoms with Crippen LogP contribution in [0.4, 0.5) is 0 Å². The second kappa shape index (κ2) is 4.07. The molecule has 4 heteroatoms. The minimum Gasteiger partial charge on any atom is -0.324 e. The summed E-state index contributed by atoms with van der Waals surface area (Å²) in [6.45, 7) is 6.18. The van der Waals surface area contributed by atoms with Crippen molar-refractivity contribution in [2.75, 3.05) is 0 Å². The Kier molecular flexibility index (Phi) is 2.91. The van der Waals surface area contributed by atoms with Crippen molar-refractivity contribution in [3.63, 3.8) is 0 Å². The summed E-state index contributed by atoms with van der Waals surface area (Å²) in [6.07, 6.45) is 0. The van der Waals surface area contributed by atoms with Crippen molar-refractivity contribution in [2.45, 2.75) is 32.9 Å². The number of imidazole rings is 1. The van der Waals surface area contributed by atoms with Gasteiger partial charge in [-0.1, -0.05) is 11.6 Å². The van der Waals surface area contributed by atoms with E-state index in [1.165, 1.54) is 0 Å². The third-order valence-electron chi connectivity index (χ3n) is 2.60. The molecule has 0 amide bonds. The minimum absolute atomic E-state index is 0.0754. The molecule has 3 nitrogen and oxygen atoms in total. The Morgan fingerprint density at radius 2 is 2.00 bits per heavy atom. The number of hydrogen-bond donors (Lipinski definition) is 1. The van der Waals surface area contributed by atoms with Gasteiger partial charge < -0.3 is 10.3 Å². The summed E-state index contributed by atoms with van der Waals surface area (Å²) in [5.41, 5.74) is 7.94. The van der Waals surface area contributed by atoms with Crippen molar-refractivity contribution in [1.82, 2.24) is 9.55 Å². The highest BCUT2D eigenvalue weighted by atomic mass is 35.5. The molecule has 1 aromatic carbocycles. The van der Waals surface area contributed by atoms with Gasteiger partial charge in [0.15, 0.2) is 0 Å². The smallest absolute Gasteiger partial charge is 0.126 e. The number of nitrogens with two attached hydrogens (primary N) is 1. The van der Waals surface area contributed by atoms with Gasteiger partial charge in [0.25, 0.3) is 0 Å². The first-order chi connectivity index (χ1) is 7.50. The maximum absolute atomic E-state index is 6.01. The number of aromatic nitrogens is 2. The van der Waals surface area contributed by atoms with E-state index in [1.54, 1.807) is 0 Å². The first-order valence-electron chi connectivity index (χ1n) is 5.43. The van der Waals surface area contributed by atoms with Crippen LogP contribution in [-0.4, -0.2) is 9.55 Å². The molecule has 1 atom stereocenters. The molecular weight excluding hydrogens is 222 g/mol. The van der Waals surface area contributed by atoms with E-state index >= 15 is 0 Å². The van der Waals surface area contributed by atoms with E-state index < -0.39 is 0 Å². The summed E-state index contributed by atoms with van der Waals surface area (Å²) in [6, 6.07) is 5.98. The van der Waals surface area contributed by atoms with Crippen LogP contribution >= 0.6 is 11.6 Å². The standard InChI is InChI=1S/C12H16ClN3/c1-7(2)16-11-6-9(13)4-5-10(11)15-12(16)8(3)14/h4-8H,14H2,1-3H3/t8-/m0/s1. The summed E-state index contributed by atoms with van der Waals surface area (Å²) >= 11 is 6.01. The molecule has 0 aliphatic carbocycles. The molecule has 0 aliphatic heterocycles. The quantitative estimate of drug-likeness (QED) is 0.871. The molecule has 0 saturated heterocycles. The molecule has 86 valence electrons. The van der Waals surface area contributed by atoms with Crippen molar-refractivity contribution in [2.24, 2.45) is 5.73 Å². The molecule has 16 heavy (non-hydrogen) atoms. The lowest BCUT2D eigenvalue weighted by Gasteiger charge is -2.14. The van der Waals surface area contributed by atoms with Crippen LogP contribution in [0.3, 0.4) is 0 Å². The van der Waals surface area contributed by atoms with E-state index in [2.05, 4.69) is 23.4 Å². The van der Waals surface area contributed by atoms with Crippen LogP contribution in [-0.2, 0) is 0 Å². The van der Waals surface area contributed by atoms with Crippen molar-refractivity contribution >= 4 is 22.6 Å². The first kappa shape index (κ1) is 11.4. The van der Waals surface area contributed by atoms with Crippen LogP contribution in [0, 0.1) is 0 Å². The number of halogens is 1. The first-order valence-corrected chi connectivity index (χ1v) is 5.81. The molecule has 2 N–H and O–H groups in total. The Bertz CT molecular complexity index is 514. The summed E-state index contributed by atoms with van der Waals surface area (Å²) in [4.78, 5) is 4.55. The molecule has 0 unspecified atom stereocenters. The van der Waals surface area contributed by atoms with Crippen LogP contribution in [0.5, 0.6) is 0 Å². The largest absolute Gasteiger partial charge is 0.324 e. The molecule has 0 aliphatic rings. The zero-order valence-electron chi connectivity index (χ0n) is 9.74. The Balaban J connectivity index is 2.77. The molecule has 0 bridgehead atoms. The van der Waals surface area contributed by atoms with Crippen LogP contribution in [0.2, 0.25) is 5.02 Å². The van der Waals surface area contributed by atoms with Gasteiger partial charge in [-0.2, -0.15) is 0 Å². The average molecular weight is 238 g/mol. The van der Waals surface area contributed by atoms with E-state index in [1.807, 2.05) is 25.1 Å². The predicted octanol–water partition coefficient (Wildman–Crippen LogP) is 3.29. The van der Waals surface area contributed by atoms with Crippen LogP contribution < -0.4 is 5.73 Å². The predicted molar refractivity (Wildman–Crippen MR) is 67.7 cm³/mol. The van der Waals surface area contributed by atoms with Gasteiger partial charge >= 0.3 is 0 Å². The lowest BCUT2D eigenvalue weighted by molar-refractivity contribution is 0.558. The van der Waals surface area contributed by atoms with Crippen molar-refractivity contribution < 1.29 is 0 Å². The minimum atomic E-state index is -0.0754. The second-order valence-corrected chi connectivity index (χ2v) is 4.79. The van der Waals surface area contributed by atoms with E-state index in [9.17, 15) is 0 Å². The summed E-state index contributed by atoms with van der Waals surface area (Å²) in [5, 5.41) is 0.727. The fraction of sp³-hybridized carbons (Fsp3) is 0.417. The van der Waals surface area contributed by atoms with Gasteiger partial charge in [0.2, 0.25) is 0 Å².